The number of benzene rings is 1. The Kier molecular flexibility index (Phi) is 40.1. The van der Waals surface area contributed by atoms with Crippen LogP contribution in [0.25, 0.3) is 0 Å². The van der Waals surface area contributed by atoms with Gasteiger partial charge < -0.3 is 37.0 Å². The van der Waals surface area contributed by atoms with E-state index >= 15 is 0 Å². The van der Waals surface area contributed by atoms with Gasteiger partial charge >= 0.3 is 5.97 Å². The molecule has 1 rings (SSSR count). The Labute approximate surface area is 436 Å². The molecule has 412 valence electrons. The van der Waals surface area contributed by atoms with E-state index in [1.54, 1.807) is 24.3 Å². The lowest BCUT2D eigenvalue weighted by Gasteiger charge is -2.26. The molecule has 4 atom stereocenters. The van der Waals surface area contributed by atoms with Crippen LogP contribution in [0.5, 0.6) is 0 Å². The summed E-state index contributed by atoms with van der Waals surface area (Å²) in [5, 5.41) is 25.6. The average molecular weight is 1010 g/mol. The van der Waals surface area contributed by atoms with Crippen molar-refractivity contribution >= 4 is 41.4 Å². The molecule has 0 saturated heterocycles. The van der Waals surface area contributed by atoms with Gasteiger partial charge in [-0.2, -0.15) is 0 Å². The van der Waals surface area contributed by atoms with Crippen LogP contribution in [-0.2, 0) is 40.0 Å². The number of carbonyl (C=O) groups is 7. The largest absolute Gasteiger partial charge is 0.480 e. The van der Waals surface area contributed by atoms with Gasteiger partial charge in [-0.25, -0.2) is 0 Å². The zero-order valence-electron chi connectivity index (χ0n) is 45.8. The van der Waals surface area contributed by atoms with Crippen molar-refractivity contribution in [2.24, 2.45) is 5.92 Å². The molecule has 6 amide bonds. The number of carboxylic acids is 1. The number of carbonyl (C=O) groups excluding carboxylic acids is 6. The van der Waals surface area contributed by atoms with E-state index in [9.17, 15) is 33.6 Å². The van der Waals surface area contributed by atoms with Crippen LogP contribution < -0.4 is 31.9 Å². The maximum Gasteiger partial charge on any atom is 0.322 e. The maximum absolute atomic E-state index is 13.8. The molecule has 7 N–H and O–H groups in total. The van der Waals surface area contributed by atoms with Crippen molar-refractivity contribution in [3.63, 3.8) is 0 Å². The number of nitrogens with one attached hydrogen (secondary N) is 6. The van der Waals surface area contributed by atoms with Gasteiger partial charge in [-0.05, 0) is 56.9 Å². The third-order valence-electron chi connectivity index (χ3n) is 13.3. The fraction of sp³-hybridized carbons (Fsp3) is 0.776. The van der Waals surface area contributed by atoms with E-state index in [-0.39, 0.29) is 30.6 Å². The van der Waals surface area contributed by atoms with Crippen molar-refractivity contribution < 1.29 is 38.7 Å². The van der Waals surface area contributed by atoms with Gasteiger partial charge in [0.2, 0.25) is 35.4 Å². The van der Waals surface area contributed by atoms with Crippen LogP contribution in [0.2, 0.25) is 0 Å². The second-order valence-corrected chi connectivity index (χ2v) is 20.7. The molecule has 0 bridgehead atoms. The van der Waals surface area contributed by atoms with Gasteiger partial charge in [0.25, 0.3) is 0 Å². The monoisotopic (exact) mass is 1010 g/mol. The van der Waals surface area contributed by atoms with E-state index in [0.717, 1.165) is 44.1 Å². The van der Waals surface area contributed by atoms with Gasteiger partial charge in [-0.1, -0.05) is 212 Å². The highest BCUT2D eigenvalue weighted by Gasteiger charge is 2.30. The summed E-state index contributed by atoms with van der Waals surface area (Å²) in [7, 11) is 0. The number of aliphatic carboxylic acids is 1. The Balaban J connectivity index is 2.77. The van der Waals surface area contributed by atoms with Crippen molar-refractivity contribution in [1.82, 2.24) is 31.9 Å². The summed E-state index contributed by atoms with van der Waals surface area (Å²) in [5.41, 5.74) is 0.741. The number of amides is 6. The molecule has 1 aromatic carbocycles. The fourth-order valence-electron chi connectivity index (χ4n) is 8.93. The van der Waals surface area contributed by atoms with Crippen LogP contribution in [0.3, 0.4) is 0 Å². The summed E-state index contributed by atoms with van der Waals surface area (Å²) in [4.78, 5) is 91.3. The highest BCUT2D eigenvalue weighted by Crippen LogP contribution is 2.16. The SMILES string of the molecule is CCCCCCCCCCCCCCCC(=O)NCCCC[C@@H](NC(=O)CCCCCCCCCCCCCCC)C(=O)N[C@@H](C)C(=O)N[C@@H](CC(C)C)C(=O)N[C@@H](Cc1ccccc1)C(=O)NCC(=O)O. The lowest BCUT2D eigenvalue weighted by molar-refractivity contribution is -0.138. The van der Waals surface area contributed by atoms with Gasteiger partial charge in [0, 0.05) is 25.8 Å². The van der Waals surface area contributed by atoms with E-state index in [4.69, 9.17) is 5.11 Å². The van der Waals surface area contributed by atoms with Crippen molar-refractivity contribution in [1.29, 1.82) is 0 Å². The smallest absolute Gasteiger partial charge is 0.322 e. The minimum Gasteiger partial charge on any atom is -0.480 e. The van der Waals surface area contributed by atoms with Crippen LogP contribution in [-0.4, -0.2) is 83.8 Å². The first-order valence-electron chi connectivity index (χ1n) is 28.8. The molecule has 1 aromatic rings. The normalized spacial score (nSPS) is 12.9. The Morgan fingerprint density at radius 2 is 0.889 bits per heavy atom. The number of rotatable bonds is 47. The molecule has 0 unspecified atom stereocenters. The van der Waals surface area contributed by atoms with Crippen molar-refractivity contribution in [2.45, 2.75) is 271 Å². The standard InChI is InChI=1S/C58H102N6O8/c1-6-8-10-12-14-16-18-20-22-24-26-28-33-40-52(65)59-42-36-35-39-49(62-53(66)41-34-29-27-25-23-21-19-17-15-13-11-9-7-2)57(71)61-47(5)55(69)63-50(43-46(3)4)58(72)64-51(56(70)60-45-54(67)68)44-48-37-31-30-32-38-48/h30-32,37-38,46-47,49-51H,6-29,33-36,39-45H2,1-5H3,(H,59,65)(H,60,70)(H,61,71)(H,62,66)(H,63,69)(H,64,72)(H,67,68)/t47-,49+,50-,51-/m0/s1. The quantitative estimate of drug-likeness (QED) is 0.0312. The zero-order chi connectivity index (χ0) is 53.0. The summed E-state index contributed by atoms with van der Waals surface area (Å²) in [5.74, 6) is -3.93. The maximum atomic E-state index is 13.8. The molecule has 0 aliphatic carbocycles. The summed E-state index contributed by atoms with van der Waals surface area (Å²) >= 11 is 0. The van der Waals surface area contributed by atoms with Crippen molar-refractivity contribution in [3.05, 3.63) is 35.9 Å². The van der Waals surface area contributed by atoms with Crippen molar-refractivity contribution in [3.8, 4) is 0 Å². The second-order valence-electron chi connectivity index (χ2n) is 20.7. The summed E-state index contributed by atoms with van der Waals surface area (Å²) < 4.78 is 0. The number of carboxylic acid groups (broad SMARTS) is 1. The van der Waals surface area contributed by atoms with Crippen LogP contribution in [0.15, 0.2) is 30.3 Å². The molecule has 14 heteroatoms. The molecule has 0 spiro atoms. The number of hydrogen-bond acceptors (Lipinski definition) is 7. The molecular weight excluding hydrogens is 909 g/mol. The molecule has 0 radical (unpaired) electrons. The van der Waals surface area contributed by atoms with E-state index < -0.39 is 60.3 Å². The summed E-state index contributed by atoms with van der Waals surface area (Å²) in [6.45, 7) is 9.61. The molecule has 0 aliphatic heterocycles. The van der Waals surface area contributed by atoms with Gasteiger partial charge in [-0.3, -0.25) is 33.6 Å². The van der Waals surface area contributed by atoms with Crippen LogP contribution >= 0.6 is 0 Å². The predicted octanol–water partition coefficient (Wildman–Crippen LogP) is 10.7. The minimum atomic E-state index is -1.23. The molecule has 0 aliphatic rings. The van der Waals surface area contributed by atoms with Gasteiger partial charge in [0.05, 0.1) is 0 Å². The molecule has 14 nitrogen and oxygen atoms in total. The Hall–Kier alpha value is -4.49. The Morgan fingerprint density at radius 1 is 0.444 bits per heavy atom. The van der Waals surface area contributed by atoms with Crippen LogP contribution in [0, 0.1) is 5.92 Å². The fourth-order valence-corrected chi connectivity index (χ4v) is 8.93. The van der Waals surface area contributed by atoms with Crippen LogP contribution in [0.4, 0.5) is 0 Å². The highest BCUT2D eigenvalue weighted by atomic mass is 16.4. The minimum absolute atomic E-state index is 0.0240. The Morgan fingerprint density at radius 3 is 1.36 bits per heavy atom. The van der Waals surface area contributed by atoms with E-state index in [1.807, 2.05) is 19.9 Å². The lowest BCUT2D eigenvalue weighted by Crippen LogP contribution is -2.58. The third kappa shape index (κ3) is 36.4. The first-order valence-corrected chi connectivity index (χ1v) is 28.8. The topological polar surface area (TPSA) is 212 Å². The van der Waals surface area contributed by atoms with Crippen molar-refractivity contribution in [2.75, 3.05) is 13.1 Å². The van der Waals surface area contributed by atoms with Crippen LogP contribution in [0.1, 0.15) is 246 Å². The average Bonchev–Trinajstić information content (AvgIpc) is 3.35. The summed E-state index contributed by atoms with van der Waals surface area (Å²) in [6.07, 6.45) is 34.3. The third-order valence-corrected chi connectivity index (χ3v) is 13.3. The number of unbranched alkanes of at least 4 members (excludes halogenated alkanes) is 25. The number of hydrogen-bond donors (Lipinski definition) is 7. The first kappa shape index (κ1) is 65.5. The van der Waals surface area contributed by atoms with E-state index in [1.165, 1.54) is 129 Å². The predicted molar refractivity (Wildman–Crippen MR) is 291 cm³/mol. The highest BCUT2D eigenvalue weighted by molar-refractivity contribution is 5.95. The molecule has 72 heavy (non-hydrogen) atoms. The molecular formula is C58H102N6O8. The molecule has 0 fully saturated rings. The zero-order valence-corrected chi connectivity index (χ0v) is 45.8. The first-order chi connectivity index (χ1) is 34.8. The van der Waals surface area contributed by atoms with Gasteiger partial charge in [0.15, 0.2) is 0 Å². The molecule has 0 aromatic heterocycles. The van der Waals surface area contributed by atoms with Gasteiger partial charge in [-0.15, -0.1) is 0 Å². The molecule has 0 heterocycles. The Bertz CT molecular complexity index is 1610. The second kappa shape index (κ2) is 44.0. The summed E-state index contributed by atoms with van der Waals surface area (Å²) in [6, 6.07) is 4.79. The van der Waals surface area contributed by atoms with E-state index in [0.29, 0.717) is 45.1 Å². The molecule has 0 saturated carbocycles. The lowest BCUT2D eigenvalue weighted by atomic mass is 10.0. The van der Waals surface area contributed by atoms with E-state index in [2.05, 4.69) is 45.7 Å². The van der Waals surface area contributed by atoms with Gasteiger partial charge in [0.1, 0.15) is 30.7 Å².